The summed E-state index contributed by atoms with van der Waals surface area (Å²) in [6, 6.07) is 4.06. The molecular formula is C11H15N3O4. The highest BCUT2D eigenvalue weighted by Crippen LogP contribution is 2.23. The van der Waals surface area contributed by atoms with E-state index in [1.807, 2.05) is 0 Å². The Kier molecular flexibility index (Phi) is 5.06. The molecule has 0 aliphatic heterocycles. The van der Waals surface area contributed by atoms with Crippen LogP contribution in [0.25, 0.3) is 0 Å². The van der Waals surface area contributed by atoms with Crippen molar-refractivity contribution in [2.45, 2.75) is 0 Å². The van der Waals surface area contributed by atoms with E-state index < -0.39 is 10.8 Å². The molecule has 0 radical (unpaired) electrons. The topological polar surface area (TPSA) is 93.5 Å². The van der Waals surface area contributed by atoms with Gasteiger partial charge in [0.15, 0.2) is 0 Å². The average Bonchev–Trinajstić information content (AvgIpc) is 2.38. The number of ether oxygens (including phenoxy) is 1. The molecule has 1 aromatic rings. The van der Waals surface area contributed by atoms with Crippen LogP contribution in [0, 0.1) is 10.1 Å². The smallest absolute Gasteiger partial charge is 0.282 e. The number of carbonyl (C=O) groups excluding carboxylic acids is 1. The second kappa shape index (κ2) is 6.55. The van der Waals surface area contributed by atoms with Gasteiger partial charge in [-0.05, 0) is 19.2 Å². The Balaban J connectivity index is 2.96. The summed E-state index contributed by atoms with van der Waals surface area (Å²) in [5.74, 6) is -0.0878. The Hall–Kier alpha value is -2.15. The molecule has 0 aliphatic carbocycles. The van der Waals surface area contributed by atoms with E-state index in [2.05, 4.69) is 10.6 Å². The minimum Gasteiger partial charge on any atom is -0.497 e. The highest BCUT2D eigenvalue weighted by Gasteiger charge is 2.20. The molecule has 0 saturated carbocycles. The first-order valence-electron chi connectivity index (χ1n) is 5.35. The lowest BCUT2D eigenvalue weighted by Crippen LogP contribution is -2.30. The van der Waals surface area contributed by atoms with Gasteiger partial charge in [-0.1, -0.05) is 0 Å². The number of rotatable bonds is 6. The summed E-state index contributed by atoms with van der Waals surface area (Å²) in [7, 11) is 3.18. The number of methoxy groups -OCH3 is 1. The number of hydrogen-bond donors (Lipinski definition) is 2. The van der Waals surface area contributed by atoms with Gasteiger partial charge in [0.05, 0.1) is 12.0 Å². The van der Waals surface area contributed by atoms with Crippen LogP contribution >= 0.6 is 0 Å². The summed E-state index contributed by atoms with van der Waals surface area (Å²) < 4.78 is 4.95. The zero-order valence-corrected chi connectivity index (χ0v) is 10.2. The summed E-state index contributed by atoms with van der Waals surface area (Å²) in [5, 5.41) is 16.3. The zero-order chi connectivity index (χ0) is 13.5. The maximum atomic E-state index is 11.8. The van der Waals surface area contributed by atoms with E-state index in [4.69, 9.17) is 4.74 Å². The van der Waals surface area contributed by atoms with Crippen molar-refractivity contribution in [2.75, 3.05) is 27.2 Å². The molecule has 0 bridgehead atoms. The SMILES string of the molecule is CNCCNC(=O)c1cc(OC)ccc1[N+](=O)[O-]. The Bertz CT molecular complexity index is 448. The molecule has 2 N–H and O–H groups in total. The molecule has 0 aliphatic rings. The second-order valence-electron chi connectivity index (χ2n) is 3.50. The molecule has 1 aromatic carbocycles. The second-order valence-corrected chi connectivity index (χ2v) is 3.50. The third kappa shape index (κ3) is 3.42. The van der Waals surface area contributed by atoms with Crippen LogP contribution in [0.1, 0.15) is 10.4 Å². The zero-order valence-electron chi connectivity index (χ0n) is 10.2. The summed E-state index contributed by atoms with van der Waals surface area (Å²) in [5.41, 5.74) is -0.242. The van der Waals surface area contributed by atoms with Crippen LogP contribution < -0.4 is 15.4 Å². The van der Waals surface area contributed by atoms with Crippen LogP contribution in [0.15, 0.2) is 18.2 Å². The van der Waals surface area contributed by atoms with Gasteiger partial charge in [0.2, 0.25) is 0 Å². The monoisotopic (exact) mass is 253 g/mol. The molecule has 0 unspecified atom stereocenters. The lowest BCUT2D eigenvalue weighted by atomic mass is 10.1. The molecular weight excluding hydrogens is 238 g/mol. The molecule has 0 heterocycles. The number of carbonyl (C=O) groups is 1. The Morgan fingerprint density at radius 3 is 2.72 bits per heavy atom. The molecule has 7 heteroatoms. The molecule has 0 saturated heterocycles. The standard InChI is InChI=1S/C11H15N3O4/c1-12-5-6-13-11(15)9-7-8(18-2)3-4-10(9)14(16)17/h3-4,7,12H,5-6H2,1-2H3,(H,13,15). The minimum absolute atomic E-state index is 0.00421. The third-order valence-electron chi connectivity index (χ3n) is 2.31. The van der Waals surface area contributed by atoms with Crippen molar-refractivity contribution < 1.29 is 14.5 Å². The number of amides is 1. The summed E-state index contributed by atoms with van der Waals surface area (Å²) in [6.45, 7) is 0.979. The van der Waals surface area contributed by atoms with Crippen LogP contribution in [-0.4, -0.2) is 38.1 Å². The van der Waals surface area contributed by atoms with E-state index >= 15 is 0 Å². The lowest BCUT2D eigenvalue weighted by Gasteiger charge is -2.07. The largest absolute Gasteiger partial charge is 0.497 e. The first kappa shape index (κ1) is 13.9. The van der Waals surface area contributed by atoms with E-state index in [9.17, 15) is 14.9 Å². The van der Waals surface area contributed by atoms with Crippen LogP contribution in [0.3, 0.4) is 0 Å². The number of hydrogen-bond acceptors (Lipinski definition) is 5. The maximum absolute atomic E-state index is 11.8. The van der Waals surface area contributed by atoms with Gasteiger partial charge in [-0.15, -0.1) is 0 Å². The molecule has 98 valence electrons. The van der Waals surface area contributed by atoms with Crippen molar-refractivity contribution in [1.82, 2.24) is 10.6 Å². The third-order valence-corrected chi connectivity index (χ3v) is 2.31. The summed E-state index contributed by atoms with van der Waals surface area (Å²) in [4.78, 5) is 22.1. The van der Waals surface area contributed by atoms with Crippen molar-refractivity contribution in [2.24, 2.45) is 0 Å². The van der Waals surface area contributed by atoms with Gasteiger partial charge < -0.3 is 15.4 Å². The van der Waals surface area contributed by atoms with Gasteiger partial charge in [0.25, 0.3) is 11.6 Å². The molecule has 7 nitrogen and oxygen atoms in total. The van der Waals surface area contributed by atoms with Crippen LogP contribution in [0.2, 0.25) is 0 Å². The minimum atomic E-state index is -0.591. The molecule has 0 atom stereocenters. The van der Waals surface area contributed by atoms with E-state index in [1.165, 1.54) is 25.3 Å². The Morgan fingerprint density at radius 1 is 1.44 bits per heavy atom. The van der Waals surface area contributed by atoms with E-state index in [1.54, 1.807) is 7.05 Å². The van der Waals surface area contributed by atoms with Gasteiger partial charge in [-0.25, -0.2) is 0 Å². The van der Waals surface area contributed by atoms with Crippen LogP contribution in [-0.2, 0) is 0 Å². The van der Waals surface area contributed by atoms with Crippen molar-refractivity contribution in [1.29, 1.82) is 0 Å². The lowest BCUT2D eigenvalue weighted by molar-refractivity contribution is -0.385. The number of nitro groups is 1. The predicted molar refractivity (Wildman–Crippen MR) is 65.9 cm³/mol. The van der Waals surface area contributed by atoms with Gasteiger partial charge in [0.1, 0.15) is 11.3 Å². The van der Waals surface area contributed by atoms with Crippen molar-refractivity contribution in [3.05, 3.63) is 33.9 Å². The molecule has 0 aromatic heterocycles. The van der Waals surface area contributed by atoms with Gasteiger partial charge in [-0.3, -0.25) is 14.9 Å². The Labute approximate surface area is 104 Å². The highest BCUT2D eigenvalue weighted by atomic mass is 16.6. The summed E-state index contributed by atoms with van der Waals surface area (Å²) in [6.07, 6.45) is 0. The first-order chi connectivity index (χ1) is 8.60. The fourth-order valence-electron chi connectivity index (χ4n) is 1.38. The van der Waals surface area contributed by atoms with E-state index in [-0.39, 0.29) is 11.3 Å². The highest BCUT2D eigenvalue weighted by molar-refractivity contribution is 5.98. The quantitative estimate of drug-likeness (QED) is 0.439. The summed E-state index contributed by atoms with van der Waals surface area (Å²) >= 11 is 0. The van der Waals surface area contributed by atoms with Gasteiger partial charge in [-0.2, -0.15) is 0 Å². The van der Waals surface area contributed by atoms with E-state index in [0.29, 0.717) is 18.8 Å². The number of likely N-dealkylation sites (N-methyl/N-ethyl adjacent to an activating group) is 1. The fraction of sp³-hybridized carbons (Fsp3) is 0.364. The predicted octanol–water partition coefficient (Wildman–Crippen LogP) is 0.553. The molecule has 0 fully saturated rings. The number of benzene rings is 1. The number of nitrogens with zero attached hydrogens (tertiary/aromatic N) is 1. The molecule has 1 rings (SSSR count). The van der Waals surface area contributed by atoms with Crippen molar-refractivity contribution in [3.63, 3.8) is 0 Å². The molecule has 1 amide bonds. The first-order valence-corrected chi connectivity index (χ1v) is 5.35. The normalized spacial score (nSPS) is 9.89. The molecule has 0 spiro atoms. The average molecular weight is 253 g/mol. The van der Waals surface area contributed by atoms with Crippen LogP contribution in [0.4, 0.5) is 5.69 Å². The maximum Gasteiger partial charge on any atom is 0.282 e. The Morgan fingerprint density at radius 2 is 2.17 bits per heavy atom. The number of nitrogens with one attached hydrogen (secondary N) is 2. The van der Waals surface area contributed by atoms with Gasteiger partial charge >= 0.3 is 0 Å². The van der Waals surface area contributed by atoms with Gasteiger partial charge in [0, 0.05) is 19.2 Å². The number of nitro benzene ring substituents is 1. The van der Waals surface area contributed by atoms with Crippen molar-refractivity contribution >= 4 is 11.6 Å². The van der Waals surface area contributed by atoms with E-state index in [0.717, 1.165) is 0 Å². The fourth-order valence-corrected chi connectivity index (χ4v) is 1.38. The molecule has 18 heavy (non-hydrogen) atoms. The van der Waals surface area contributed by atoms with Crippen molar-refractivity contribution in [3.8, 4) is 5.75 Å². The van der Waals surface area contributed by atoms with Crippen LogP contribution in [0.5, 0.6) is 5.75 Å².